The maximum absolute atomic E-state index is 7.09. The summed E-state index contributed by atoms with van der Waals surface area (Å²) in [6.07, 6.45) is 0. The van der Waals surface area contributed by atoms with Gasteiger partial charge in [0.1, 0.15) is 55.7 Å². The maximum Gasteiger partial charge on any atom is 0.152 e. The molecule has 8 heterocycles. The Morgan fingerprint density at radius 1 is 0.286 bits per heavy atom. The Morgan fingerprint density at radius 2 is 0.625 bits per heavy atom. The zero-order valence-corrected chi connectivity index (χ0v) is 30.6. The SMILES string of the molecule is c1ccc2c(c1)oc1ccc3oc4cccc5oc6cc7c(cc8oc9cccc%10oc%11ccc%12oc%13ccccc%13n%13c%12c%11p(c%109)c8c7%13)c7c6p(c45)c3c1n27. The highest BCUT2D eigenvalue weighted by Gasteiger charge is 2.30. The third kappa shape index (κ3) is 2.91. The topological polar surface area (TPSA) is 87.7 Å². The van der Waals surface area contributed by atoms with Crippen LogP contribution in [0.3, 0.4) is 0 Å². The summed E-state index contributed by atoms with van der Waals surface area (Å²) in [6.45, 7) is 0. The zero-order valence-electron chi connectivity index (χ0n) is 28.8. The fraction of sp³-hybridized carbons (Fsp3) is 0. The van der Waals surface area contributed by atoms with Crippen molar-refractivity contribution in [3.63, 3.8) is 0 Å². The Balaban J connectivity index is 1.33. The molecule has 8 aromatic heterocycles. The average Bonchev–Trinajstić information content (AvgIpc) is 3.23. The maximum atomic E-state index is 7.09. The number of nitrogens with zero attached hydrogens (tertiary/aromatic N) is 2. The molecule has 0 saturated heterocycles. The van der Waals surface area contributed by atoms with E-state index in [9.17, 15) is 0 Å². The highest BCUT2D eigenvalue weighted by Crippen LogP contribution is 2.60. The molecule has 56 heavy (non-hydrogen) atoms. The number of benzene rings is 8. The fourth-order valence-corrected chi connectivity index (χ4v) is 15.8. The van der Waals surface area contributed by atoms with Gasteiger partial charge in [0.25, 0.3) is 0 Å². The molecule has 0 spiro atoms. The molecular weight excluding hydrogens is 738 g/mol. The van der Waals surface area contributed by atoms with E-state index in [1.54, 1.807) is 0 Å². The molecule has 16 rings (SSSR count). The first kappa shape index (κ1) is 27.6. The molecule has 16 aromatic rings. The van der Waals surface area contributed by atoms with Crippen LogP contribution in [-0.4, -0.2) is 8.80 Å². The first-order valence-electron chi connectivity index (χ1n) is 18.5. The summed E-state index contributed by atoms with van der Waals surface area (Å²) in [6, 6.07) is 41.7. The molecule has 10 heteroatoms. The van der Waals surface area contributed by atoms with Crippen LogP contribution in [-0.2, 0) is 0 Å². The van der Waals surface area contributed by atoms with Crippen LogP contribution in [0.15, 0.2) is 148 Å². The fourth-order valence-electron chi connectivity index (χ4n) is 10.1. The highest BCUT2D eigenvalue weighted by atomic mass is 31.1. The minimum Gasteiger partial charge on any atom is -0.455 e. The Kier molecular flexibility index (Phi) is 4.40. The van der Waals surface area contributed by atoms with Crippen molar-refractivity contribution in [2.75, 3.05) is 0 Å². The van der Waals surface area contributed by atoms with Crippen molar-refractivity contribution in [2.24, 2.45) is 0 Å². The van der Waals surface area contributed by atoms with Crippen molar-refractivity contribution in [1.29, 1.82) is 0 Å². The largest absolute Gasteiger partial charge is 0.455 e. The number of aromatic nitrogens is 2. The molecule has 2 atom stereocenters. The van der Waals surface area contributed by atoms with Gasteiger partial charge in [0, 0.05) is 10.8 Å². The molecule has 260 valence electrons. The lowest BCUT2D eigenvalue weighted by Crippen LogP contribution is -2.01. The predicted octanol–water partition coefficient (Wildman–Crippen LogP) is 15.3. The quantitative estimate of drug-likeness (QED) is 0.113. The van der Waals surface area contributed by atoms with E-state index in [1.807, 2.05) is 36.4 Å². The molecule has 0 aliphatic rings. The number of fused-ring (bicyclic) bond motifs is 9. The number of hydrogen-bond donors (Lipinski definition) is 0. The van der Waals surface area contributed by atoms with Gasteiger partial charge in [-0.15, -0.1) is 0 Å². The van der Waals surface area contributed by atoms with Gasteiger partial charge in [0.15, 0.2) is 22.3 Å². The molecule has 0 N–H and O–H groups in total. The van der Waals surface area contributed by atoms with Gasteiger partial charge in [0.2, 0.25) is 0 Å². The molecule has 8 aromatic carbocycles. The van der Waals surface area contributed by atoms with Crippen molar-refractivity contribution in [3.8, 4) is 0 Å². The molecule has 8 nitrogen and oxygen atoms in total. The zero-order chi connectivity index (χ0) is 35.7. The lowest BCUT2D eigenvalue weighted by molar-refractivity contribution is 0.645. The molecule has 2 unspecified atom stereocenters. The van der Waals surface area contributed by atoms with Gasteiger partial charge in [-0.3, -0.25) is 0 Å². The van der Waals surface area contributed by atoms with Gasteiger partial charge in [0.05, 0.1) is 52.8 Å². The predicted molar refractivity (Wildman–Crippen MR) is 226 cm³/mol. The van der Waals surface area contributed by atoms with Gasteiger partial charge < -0.3 is 35.3 Å². The van der Waals surface area contributed by atoms with Gasteiger partial charge in [-0.1, -0.05) is 51.1 Å². The molecule has 0 amide bonds. The summed E-state index contributed by atoms with van der Waals surface area (Å²) in [5.41, 5.74) is 16.1. The van der Waals surface area contributed by atoms with Crippen LogP contribution in [0.5, 0.6) is 0 Å². The Hall–Kier alpha value is -6.98. The van der Waals surface area contributed by atoms with E-state index < -0.39 is 14.7 Å². The lowest BCUT2D eigenvalue weighted by atomic mass is 10.1. The van der Waals surface area contributed by atoms with Gasteiger partial charge in [-0.05, 0) is 84.9 Å². The third-order valence-corrected chi connectivity index (χ3v) is 17.4. The van der Waals surface area contributed by atoms with E-state index in [0.29, 0.717) is 0 Å². The standard InChI is InChI=1S/C46H20N2O6P2/c1-3-9-25-23(7-1)47-37-21-19-36-46-38(22(21)20-35-45(37)55-41-29(11-5-13-31(41)53-35)51-33-17-15-27(49-25)39(47)43(33)55)48-24-8-2-4-10-26(24)50-28-16-18-34-44(40(28)48)56(46)42-30(52-34)12-6-14-32(42)54-36/h1-20H. The second-order valence-electron chi connectivity index (χ2n) is 14.9. The molecule has 0 fully saturated rings. The number of para-hydroxylation sites is 4. The summed E-state index contributed by atoms with van der Waals surface area (Å²) in [5, 5.41) is 8.99. The summed E-state index contributed by atoms with van der Waals surface area (Å²) in [4.78, 5) is 0. The smallest absolute Gasteiger partial charge is 0.152 e. The summed E-state index contributed by atoms with van der Waals surface area (Å²) >= 11 is 0. The minimum absolute atomic E-state index is 0.794. The second kappa shape index (κ2) is 8.93. The molecule has 0 saturated carbocycles. The normalized spacial score (nSPS) is 14.0. The minimum atomic E-state index is -1.09. The van der Waals surface area contributed by atoms with Crippen molar-refractivity contribution < 1.29 is 26.5 Å². The van der Waals surface area contributed by atoms with Crippen LogP contribution in [0, 0.1) is 0 Å². The van der Waals surface area contributed by atoms with Crippen LogP contribution in [0.2, 0.25) is 0 Å². The van der Waals surface area contributed by atoms with E-state index in [2.05, 4.69) is 93.7 Å². The molecule has 0 bridgehead atoms. The van der Waals surface area contributed by atoms with Crippen LogP contribution in [0.4, 0.5) is 0 Å². The molecular formula is C46H20N2O6P2. The molecule has 0 radical (unpaired) electrons. The lowest BCUT2D eigenvalue weighted by Gasteiger charge is -2.24. The number of rotatable bonds is 0. The molecule has 0 aliphatic heterocycles. The van der Waals surface area contributed by atoms with Crippen LogP contribution in [0.1, 0.15) is 0 Å². The summed E-state index contributed by atoms with van der Waals surface area (Å²) in [5.74, 6) is 0. The Bertz CT molecular complexity index is 4200. The van der Waals surface area contributed by atoms with Crippen molar-refractivity contribution in [2.45, 2.75) is 0 Å². The van der Waals surface area contributed by atoms with Crippen LogP contribution < -0.4 is 0 Å². The Labute approximate surface area is 311 Å². The highest BCUT2D eigenvalue weighted by molar-refractivity contribution is 7.64. The van der Waals surface area contributed by atoms with Crippen molar-refractivity contribution in [3.05, 3.63) is 121 Å². The van der Waals surface area contributed by atoms with Gasteiger partial charge in [-0.2, -0.15) is 0 Å². The average molecular weight is 759 g/mol. The monoisotopic (exact) mass is 758 g/mol. The third-order valence-electron chi connectivity index (χ3n) is 12.1. The van der Waals surface area contributed by atoms with Crippen molar-refractivity contribution in [1.82, 2.24) is 8.80 Å². The van der Waals surface area contributed by atoms with E-state index in [4.69, 9.17) is 26.5 Å². The summed E-state index contributed by atoms with van der Waals surface area (Å²) in [7, 11) is -2.18. The second-order valence-corrected chi connectivity index (χ2v) is 18.9. The van der Waals surface area contributed by atoms with E-state index >= 15 is 0 Å². The van der Waals surface area contributed by atoms with Crippen LogP contribution >= 0.6 is 14.7 Å². The van der Waals surface area contributed by atoms with Gasteiger partial charge in [-0.25, -0.2) is 0 Å². The first-order valence-corrected chi connectivity index (χ1v) is 21.2. The van der Waals surface area contributed by atoms with E-state index in [0.717, 1.165) is 131 Å². The summed E-state index contributed by atoms with van der Waals surface area (Å²) < 4.78 is 45.8. The van der Waals surface area contributed by atoms with Gasteiger partial charge >= 0.3 is 0 Å². The number of hydrogen-bond acceptors (Lipinski definition) is 6. The van der Waals surface area contributed by atoms with E-state index in [-0.39, 0.29) is 0 Å². The van der Waals surface area contributed by atoms with E-state index in [1.165, 1.54) is 10.2 Å². The molecule has 0 aliphatic carbocycles. The Morgan fingerprint density at radius 3 is 1.09 bits per heavy atom. The van der Waals surface area contributed by atoms with Crippen molar-refractivity contribution >= 4 is 156 Å². The van der Waals surface area contributed by atoms with Crippen LogP contribution in [0.25, 0.3) is 142 Å². The first-order chi connectivity index (χ1) is 27.8.